The van der Waals surface area contributed by atoms with Crippen molar-refractivity contribution in [3.05, 3.63) is 0 Å². The molecule has 0 bridgehead atoms. The van der Waals surface area contributed by atoms with E-state index in [0.717, 1.165) is 32.1 Å². The van der Waals surface area contributed by atoms with Crippen LogP contribution in [-0.4, -0.2) is 11.0 Å². The van der Waals surface area contributed by atoms with E-state index in [1.807, 2.05) is 6.92 Å². The average Bonchev–Trinajstić information content (AvgIpc) is 2.04. The third-order valence-electron chi connectivity index (χ3n) is 2.35. The van der Waals surface area contributed by atoms with Crippen LogP contribution in [-0.2, 0) is 9.53 Å². The van der Waals surface area contributed by atoms with E-state index in [1.165, 1.54) is 6.42 Å². The van der Waals surface area contributed by atoms with Crippen LogP contribution in [0.1, 0.15) is 51.9 Å². The van der Waals surface area contributed by atoms with Crippen LogP contribution >= 0.6 is 11.6 Å². The molecule has 1 saturated carbocycles. The van der Waals surface area contributed by atoms with Crippen LogP contribution < -0.4 is 0 Å². The highest BCUT2D eigenvalue weighted by Crippen LogP contribution is 2.35. The van der Waals surface area contributed by atoms with Crippen molar-refractivity contribution in [2.24, 2.45) is 0 Å². The van der Waals surface area contributed by atoms with Crippen LogP contribution in [0.25, 0.3) is 0 Å². The Balaban J connectivity index is 2.36. The third-order valence-corrected chi connectivity index (χ3v) is 2.81. The molecule has 76 valence electrons. The van der Waals surface area contributed by atoms with E-state index in [4.69, 9.17) is 16.3 Å². The zero-order valence-electron chi connectivity index (χ0n) is 8.14. The van der Waals surface area contributed by atoms with Crippen molar-refractivity contribution in [2.45, 2.75) is 56.9 Å². The minimum absolute atomic E-state index is 0.153. The van der Waals surface area contributed by atoms with Crippen LogP contribution in [0.5, 0.6) is 0 Å². The Kier molecular flexibility index (Phi) is 4.04. The fourth-order valence-corrected chi connectivity index (χ4v) is 1.99. The largest absolute Gasteiger partial charge is 0.443 e. The molecule has 1 aliphatic carbocycles. The van der Waals surface area contributed by atoms with Crippen LogP contribution in [0.2, 0.25) is 0 Å². The van der Waals surface area contributed by atoms with Gasteiger partial charge in [0.15, 0.2) is 5.06 Å². The molecule has 0 atom stereocenters. The SMILES string of the molecule is CCCC(=O)OC1(Cl)CCCCC1. The Morgan fingerprint density at radius 3 is 2.54 bits per heavy atom. The highest BCUT2D eigenvalue weighted by atomic mass is 35.5. The second-order valence-electron chi connectivity index (χ2n) is 3.67. The topological polar surface area (TPSA) is 26.3 Å². The van der Waals surface area contributed by atoms with Crippen LogP contribution in [0.15, 0.2) is 0 Å². The Labute approximate surface area is 84.6 Å². The monoisotopic (exact) mass is 204 g/mol. The lowest BCUT2D eigenvalue weighted by Crippen LogP contribution is -2.31. The number of ether oxygens (including phenoxy) is 1. The molecular formula is C10H17ClO2. The summed E-state index contributed by atoms with van der Waals surface area (Å²) in [6.45, 7) is 1.96. The van der Waals surface area contributed by atoms with Gasteiger partial charge in [0.05, 0.1) is 0 Å². The van der Waals surface area contributed by atoms with Gasteiger partial charge in [0.2, 0.25) is 0 Å². The smallest absolute Gasteiger partial charge is 0.307 e. The molecule has 1 aliphatic rings. The highest BCUT2D eigenvalue weighted by molar-refractivity contribution is 6.23. The van der Waals surface area contributed by atoms with E-state index in [1.54, 1.807) is 0 Å². The second-order valence-corrected chi connectivity index (χ2v) is 4.36. The first-order chi connectivity index (χ1) is 6.16. The molecule has 0 spiro atoms. The summed E-state index contributed by atoms with van der Waals surface area (Å²) in [6.07, 6.45) is 6.28. The van der Waals surface area contributed by atoms with E-state index in [9.17, 15) is 4.79 Å². The molecule has 0 aliphatic heterocycles. The van der Waals surface area contributed by atoms with E-state index >= 15 is 0 Å². The number of halogens is 1. The summed E-state index contributed by atoms with van der Waals surface area (Å²) in [7, 11) is 0. The van der Waals surface area contributed by atoms with Gasteiger partial charge in [-0.05, 0) is 19.3 Å². The predicted octanol–water partition coefficient (Wildman–Crippen LogP) is 3.23. The first-order valence-corrected chi connectivity index (χ1v) is 5.45. The Hall–Kier alpha value is -0.240. The number of rotatable bonds is 3. The van der Waals surface area contributed by atoms with Gasteiger partial charge < -0.3 is 4.74 Å². The number of carbonyl (C=O) groups is 1. The van der Waals surface area contributed by atoms with Crippen molar-refractivity contribution >= 4 is 17.6 Å². The lowest BCUT2D eigenvalue weighted by molar-refractivity contribution is -0.154. The molecule has 3 heteroatoms. The predicted molar refractivity (Wildman–Crippen MR) is 52.7 cm³/mol. The summed E-state index contributed by atoms with van der Waals surface area (Å²) in [5.74, 6) is -0.153. The van der Waals surface area contributed by atoms with Crippen molar-refractivity contribution < 1.29 is 9.53 Å². The molecule has 0 heterocycles. The van der Waals surface area contributed by atoms with E-state index in [2.05, 4.69) is 0 Å². The third kappa shape index (κ3) is 3.55. The van der Waals surface area contributed by atoms with Crippen molar-refractivity contribution in [3.8, 4) is 0 Å². The minimum Gasteiger partial charge on any atom is -0.443 e. The second kappa shape index (κ2) is 4.85. The van der Waals surface area contributed by atoms with Crippen molar-refractivity contribution in [3.63, 3.8) is 0 Å². The molecule has 0 aromatic carbocycles. The van der Waals surface area contributed by atoms with E-state index in [0.29, 0.717) is 6.42 Å². The Morgan fingerprint density at radius 1 is 1.38 bits per heavy atom. The normalized spacial score (nSPS) is 21.1. The van der Waals surface area contributed by atoms with Gasteiger partial charge in [0.25, 0.3) is 0 Å². The van der Waals surface area contributed by atoms with E-state index < -0.39 is 5.06 Å². The van der Waals surface area contributed by atoms with Gasteiger partial charge in [-0.2, -0.15) is 0 Å². The van der Waals surface area contributed by atoms with Gasteiger partial charge in [-0.3, -0.25) is 4.79 Å². The first kappa shape index (κ1) is 10.8. The Bertz CT molecular complexity index is 174. The standard InChI is InChI=1S/C10H17ClO2/c1-2-6-9(12)13-10(11)7-4-3-5-8-10/h2-8H2,1H3. The Morgan fingerprint density at radius 2 is 2.00 bits per heavy atom. The fraction of sp³-hybridized carbons (Fsp3) is 0.900. The highest BCUT2D eigenvalue weighted by Gasteiger charge is 2.32. The molecule has 0 amide bonds. The summed E-state index contributed by atoms with van der Waals surface area (Å²) in [4.78, 5) is 11.2. The molecular weight excluding hydrogens is 188 g/mol. The summed E-state index contributed by atoms with van der Waals surface area (Å²) >= 11 is 6.16. The molecule has 13 heavy (non-hydrogen) atoms. The van der Waals surface area contributed by atoms with Crippen LogP contribution in [0.4, 0.5) is 0 Å². The number of alkyl halides is 1. The minimum atomic E-state index is -0.676. The molecule has 0 aromatic rings. The molecule has 0 N–H and O–H groups in total. The number of hydrogen-bond donors (Lipinski definition) is 0. The van der Waals surface area contributed by atoms with Gasteiger partial charge in [-0.1, -0.05) is 24.9 Å². The van der Waals surface area contributed by atoms with E-state index in [-0.39, 0.29) is 5.97 Å². The van der Waals surface area contributed by atoms with Gasteiger partial charge in [-0.25, -0.2) is 0 Å². The lowest BCUT2D eigenvalue weighted by Gasteiger charge is -2.30. The number of hydrogen-bond acceptors (Lipinski definition) is 2. The van der Waals surface area contributed by atoms with Gasteiger partial charge in [-0.15, -0.1) is 0 Å². The quantitative estimate of drug-likeness (QED) is 0.521. The average molecular weight is 205 g/mol. The summed E-state index contributed by atoms with van der Waals surface area (Å²) in [5.41, 5.74) is 0. The molecule has 0 aromatic heterocycles. The van der Waals surface area contributed by atoms with Crippen LogP contribution in [0.3, 0.4) is 0 Å². The number of carbonyl (C=O) groups excluding carboxylic acids is 1. The summed E-state index contributed by atoms with van der Waals surface area (Å²) in [5, 5.41) is -0.676. The van der Waals surface area contributed by atoms with Crippen molar-refractivity contribution in [1.82, 2.24) is 0 Å². The van der Waals surface area contributed by atoms with Gasteiger partial charge in [0, 0.05) is 19.3 Å². The molecule has 2 nitrogen and oxygen atoms in total. The molecule has 1 fully saturated rings. The maximum absolute atomic E-state index is 11.2. The lowest BCUT2D eigenvalue weighted by atomic mass is 9.97. The van der Waals surface area contributed by atoms with Crippen molar-refractivity contribution in [2.75, 3.05) is 0 Å². The van der Waals surface area contributed by atoms with Crippen molar-refractivity contribution in [1.29, 1.82) is 0 Å². The molecule has 1 rings (SSSR count). The maximum atomic E-state index is 11.2. The summed E-state index contributed by atoms with van der Waals surface area (Å²) < 4.78 is 5.25. The summed E-state index contributed by atoms with van der Waals surface area (Å²) in [6, 6.07) is 0. The number of esters is 1. The molecule has 0 saturated heterocycles. The van der Waals surface area contributed by atoms with Gasteiger partial charge >= 0.3 is 5.97 Å². The molecule has 0 unspecified atom stereocenters. The zero-order chi connectivity index (χ0) is 9.73. The first-order valence-electron chi connectivity index (χ1n) is 5.07. The molecule has 0 radical (unpaired) electrons. The zero-order valence-corrected chi connectivity index (χ0v) is 8.90. The maximum Gasteiger partial charge on any atom is 0.307 e. The van der Waals surface area contributed by atoms with Gasteiger partial charge in [0.1, 0.15) is 0 Å². The fourth-order valence-electron chi connectivity index (χ4n) is 1.64. The van der Waals surface area contributed by atoms with Crippen LogP contribution in [0, 0.1) is 0 Å².